The van der Waals surface area contributed by atoms with E-state index in [1.54, 1.807) is 7.11 Å². The van der Waals surface area contributed by atoms with Crippen molar-refractivity contribution in [3.05, 3.63) is 95.2 Å². The zero-order chi connectivity index (χ0) is 22.8. The number of benzene rings is 3. The molecule has 1 aliphatic heterocycles. The fourth-order valence-corrected chi connectivity index (χ4v) is 4.44. The van der Waals surface area contributed by atoms with Gasteiger partial charge in [-0.3, -0.25) is 10.1 Å². The minimum absolute atomic E-state index is 0.152. The Hall–Kier alpha value is -3.77. The fraction of sp³-hybridized carbons (Fsp3) is 0.222. The molecule has 5 rings (SSSR count). The Morgan fingerprint density at radius 2 is 1.67 bits per heavy atom. The summed E-state index contributed by atoms with van der Waals surface area (Å²) >= 11 is 0. The molecule has 33 heavy (non-hydrogen) atoms. The predicted octanol–water partition coefficient (Wildman–Crippen LogP) is 4.53. The van der Waals surface area contributed by atoms with Gasteiger partial charge in [-0.05, 0) is 47.0 Å². The van der Waals surface area contributed by atoms with Gasteiger partial charge < -0.3 is 19.2 Å². The molecule has 168 valence electrons. The summed E-state index contributed by atoms with van der Waals surface area (Å²) in [6.45, 7) is 0.474. The summed E-state index contributed by atoms with van der Waals surface area (Å²) in [5, 5.41) is 4.61. The van der Waals surface area contributed by atoms with Gasteiger partial charge in [0.1, 0.15) is 24.1 Å². The molecule has 4 aromatic rings. The van der Waals surface area contributed by atoms with Gasteiger partial charge in [-0.1, -0.05) is 42.5 Å². The number of aromatic amines is 1. The minimum atomic E-state index is -0.405. The number of ether oxygens (including phenoxy) is 3. The van der Waals surface area contributed by atoms with Gasteiger partial charge in [-0.15, -0.1) is 0 Å². The first-order chi connectivity index (χ1) is 16.2. The monoisotopic (exact) mass is 442 g/mol. The first kappa shape index (κ1) is 21.1. The average molecular weight is 443 g/mol. The Labute approximate surface area is 192 Å². The molecule has 0 aliphatic carbocycles. The average Bonchev–Trinajstić information content (AvgIpc) is 3.26. The SMILES string of the molecule is COC(=O)C1Cc2c([nH]c3ccccc23)C(c2ccc(OCc3ccc(OC)cc3)cc2)N1. The van der Waals surface area contributed by atoms with E-state index in [1.807, 2.05) is 60.7 Å². The van der Waals surface area contributed by atoms with Crippen LogP contribution in [0.15, 0.2) is 72.8 Å². The molecule has 2 unspecified atom stereocenters. The first-order valence-corrected chi connectivity index (χ1v) is 11.0. The molecule has 2 atom stereocenters. The minimum Gasteiger partial charge on any atom is -0.497 e. The lowest BCUT2D eigenvalue weighted by Gasteiger charge is -2.30. The van der Waals surface area contributed by atoms with Crippen molar-refractivity contribution in [1.82, 2.24) is 10.3 Å². The van der Waals surface area contributed by atoms with Crippen molar-refractivity contribution in [2.75, 3.05) is 14.2 Å². The maximum Gasteiger partial charge on any atom is 0.323 e. The molecule has 0 fully saturated rings. The van der Waals surface area contributed by atoms with Crippen LogP contribution in [0.25, 0.3) is 10.9 Å². The maximum atomic E-state index is 12.4. The predicted molar refractivity (Wildman–Crippen MR) is 127 cm³/mol. The van der Waals surface area contributed by atoms with Crippen molar-refractivity contribution >= 4 is 16.9 Å². The molecular formula is C27H26N2O4. The molecule has 6 nitrogen and oxygen atoms in total. The van der Waals surface area contributed by atoms with Crippen molar-refractivity contribution < 1.29 is 19.0 Å². The van der Waals surface area contributed by atoms with Crippen LogP contribution < -0.4 is 14.8 Å². The van der Waals surface area contributed by atoms with Gasteiger partial charge in [0.2, 0.25) is 0 Å². The Bertz CT molecular complexity index is 1260. The van der Waals surface area contributed by atoms with Gasteiger partial charge in [-0.25, -0.2) is 0 Å². The smallest absolute Gasteiger partial charge is 0.323 e. The second kappa shape index (κ2) is 9.00. The van der Waals surface area contributed by atoms with E-state index in [2.05, 4.69) is 22.4 Å². The molecule has 0 bridgehead atoms. The third kappa shape index (κ3) is 4.17. The second-order valence-electron chi connectivity index (χ2n) is 8.15. The quantitative estimate of drug-likeness (QED) is 0.429. The van der Waals surface area contributed by atoms with Gasteiger partial charge in [0.25, 0.3) is 0 Å². The van der Waals surface area contributed by atoms with Crippen molar-refractivity contribution in [2.24, 2.45) is 0 Å². The van der Waals surface area contributed by atoms with E-state index < -0.39 is 6.04 Å². The highest BCUT2D eigenvalue weighted by Crippen LogP contribution is 2.35. The fourth-order valence-electron chi connectivity index (χ4n) is 4.44. The lowest BCUT2D eigenvalue weighted by molar-refractivity contribution is -0.143. The normalized spacial score (nSPS) is 17.4. The van der Waals surface area contributed by atoms with Gasteiger partial charge in [0, 0.05) is 23.0 Å². The number of fused-ring (bicyclic) bond motifs is 3. The van der Waals surface area contributed by atoms with Crippen molar-refractivity contribution in [2.45, 2.75) is 25.1 Å². The molecule has 0 saturated carbocycles. The van der Waals surface area contributed by atoms with Crippen LogP contribution in [0.3, 0.4) is 0 Å². The van der Waals surface area contributed by atoms with Crippen molar-refractivity contribution in [1.29, 1.82) is 0 Å². The number of hydrogen-bond acceptors (Lipinski definition) is 5. The second-order valence-corrected chi connectivity index (χ2v) is 8.15. The number of H-pyrrole nitrogens is 1. The lowest BCUT2D eigenvalue weighted by Crippen LogP contribution is -2.45. The van der Waals surface area contributed by atoms with Crippen LogP contribution in [-0.2, 0) is 22.6 Å². The van der Waals surface area contributed by atoms with Gasteiger partial charge in [-0.2, -0.15) is 0 Å². The molecule has 1 aromatic heterocycles. The number of carbonyl (C=O) groups excluding carboxylic acids is 1. The van der Waals surface area contributed by atoms with E-state index in [4.69, 9.17) is 14.2 Å². The van der Waals surface area contributed by atoms with Crippen LogP contribution in [0, 0.1) is 0 Å². The maximum absolute atomic E-state index is 12.4. The van der Waals surface area contributed by atoms with E-state index in [-0.39, 0.29) is 12.0 Å². The summed E-state index contributed by atoms with van der Waals surface area (Å²) in [5.41, 5.74) is 5.43. The molecular weight excluding hydrogens is 416 g/mol. The van der Waals surface area contributed by atoms with Crippen LogP contribution in [-0.4, -0.2) is 31.2 Å². The van der Waals surface area contributed by atoms with E-state index in [0.29, 0.717) is 13.0 Å². The Balaban J connectivity index is 1.39. The van der Waals surface area contributed by atoms with Crippen LogP contribution in [0.2, 0.25) is 0 Å². The summed E-state index contributed by atoms with van der Waals surface area (Å²) in [4.78, 5) is 16.0. The number of nitrogens with one attached hydrogen (secondary N) is 2. The molecule has 2 heterocycles. The van der Waals surface area contributed by atoms with Crippen LogP contribution >= 0.6 is 0 Å². The molecule has 0 spiro atoms. The van der Waals surface area contributed by atoms with Crippen LogP contribution in [0.1, 0.15) is 28.4 Å². The summed E-state index contributed by atoms with van der Waals surface area (Å²) < 4.78 is 16.2. The lowest BCUT2D eigenvalue weighted by atomic mass is 9.90. The standard InChI is InChI=1S/C27H26N2O4/c1-31-19-11-7-17(8-12-19)16-33-20-13-9-18(10-14-20)25-26-22(15-24(29-25)27(30)32-2)21-5-3-4-6-23(21)28-26/h3-14,24-25,28-29H,15-16H2,1-2H3. The Kier molecular flexibility index (Phi) is 5.75. The van der Waals surface area contributed by atoms with Gasteiger partial charge >= 0.3 is 5.97 Å². The highest BCUT2D eigenvalue weighted by Gasteiger charge is 2.34. The summed E-state index contributed by atoms with van der Waals surface area (Å²) in [6, 6.07) is 23.5. The molecule has 2 N–H and O–H groups in total. The Morgan fingerprint density at radius 1 is 0.939 bits per heavy atom. The molecule has 3 aromatic carbocycles. The molecule has 6 heteroatoms. The number of para-hydroxylation sites is 1. The molecule has 0 saturated heterocycles. The van der Waals surface area contributed by atoms with E-state index in [0.717, 1.165) is 44.8 Å². The largest absolute Gasteiger partial charge is 0.497 e. The van der Waals surface area contributed by atoms with Crippen LogP contribution in [0.4, 0.5) is 0 Å². The number of carbonyl (C=O) groups is 1. The first-order valence-electron chi connectivity index (χ1n) is 11.0. The van der Waals surface area contributed by atoms with E-state index in [1.165, 1.54) is 7.11 Å². The molecule has 0 amide bonds. The van der Waals surface area contributed by atoms with Crippen molar-refractivity contribution in [3.8, 4) is 11.5 Å². The summed E-state index contributed by atoms with van der Waals surface area (Å²) in [6.07, 6.45) is 0.589. The number of aromatic nitrogens is 1. The number of hydrogen-bond donors (Lipinski definition) is 2. The highest BCUT2D eigenvalue weighted by atomic mass is 16.5. The van der Waals surface area contributed by atoms with E-state index in [9.17, 15) is 4.79 Å². The highest BCUT2D eigenvalue weighted by molar-refractivity contribution is 5.87. The molecule has 1 aliphatic rings. The number of methoxy groups -OCH3 is 2. The number of esters is 1. The zero-order valence-corrected chi connectivity index (χ0v) is 18.6. The number of rotatable bonds is 6. The van der Waals surface area contributed by atoms with Gasteiger partial charge in [0.05, 0.1) is 20.3 Å². The zero-order valence-electron chi connectivity index (χ0n) is 18.6. The molecule has 0 radical (unpaired) electrons. The third-order valence-electron chi connectivity index (χ3n) is 6.18. The van der Waals surface area contributed by atoms with Crippen LogP contribution in [0.5, 0.6) is 11.5 Å². The Morgan fingerprint density at radius 3 is 2.39 bits per heavy atom. The topological polar surface area (TPSA) is 72.6 Å². The summed E-state index contributed by atoms with van der Waals surface area (Å²) in [7, 11) is 3.08. The van der Waals surface area contributed by atoms with Crippen molar-refractivity contribution in [3.63, 3.8) is 0 Å². The summed E-state index contributed by atoms with van der Waals surface area (Å²) in [5.74, 6) is 1.35. The van der Waals surface area contributed by atoms with Gasteiger partial charge in [0.15, 0.2) is 0 Å². The third-order valence-corrected chi connectivity index (χ3v) is 6.18. The van der Waals surface area contributed by atoms with E-state index >= 15 is 0 Å².